The fraction of sp³-hybridized carbons (Fsp3) is 0.833. The van der Waals surface area contributed by atoms with E-state index in [1.807, 2.05) is 13.8 Å². The molecule has 0 spiro atoms. The summed E-state index contributed by atoms with van der Waals surface area (Å²) in [5.41, 5.74) is 0. The number of hydrogen-bond donors (Lipinski definition) is 0. The molecule has 1 heterocycles. The Morgan fingerprint density at radius 3 is 2.11 bits per heavy atom. The molecule has 1 rings (SSSR count). The summed E-state index contributed by atoms with van der Waals surface area (Å²) < 4.78 is 16.0. The van der Waals surface area contributed by atoms with Gasteiger partial charge in [0, 0.05) is 25.6 Å². The van der Waals surface area contributed by atoms with E-state index in [9.17, 15) is 9.59 Å². The van der Waals surface area contributed by atoms with Crippen LogP contribution in [0.2, 0.25) is 0 Å². The van der Waals surface area contributed by atoms with Gasteiger partial charge in [-0.2, -0.15) is 0 Å². The fourth-order valence-electron chi connectivity index (χ4n) is 2.15. The lowest BCUT2D eigenvalue weighted by Gasteiger charge is -2.42. The first-order valence-electron chi connectivity index (χ1n) is 5.92. The van der Waals surface area contributed by atoms with Crippen molar-refractivity contribution >= 4 is 23.5 Å². The summed E-state index contributed by atoms with van der Waals surface area (Å²) in [4.78, 5) is 22.1. The number of ether oxygens (including phenoxy) is 3. The molecule has 104 valence electrons. The molecule has 0 amide bonds. The predicted molar refractivity (Wildman–Crippen MR) is 65.0 cm³/mol. The van der Waals surface area contributed by atoms with E-state index in [-0.39, 0.29) is 35.9 Å². The molecule has 0 N–H and O–H groups in total. The Bertz CT molecular complexity index is 320. The van der Waals surface area contributed by atoms with Crippen molar-refractivity contribution < 1.29 is 23.8 Å². The molecule has 0 saturated carbocycles. The van der Waals surface area contributed by atoms with Crippen LogP contribution in [-0.2, 0) is 23.8 Å². The lowest BCUT2D eigenvalue weighted by atomic mass is 9.86. The molecule has 5 atom stereocenters. The maximum absolute atomic E-state index is 11.1. The summed E-state index contributed by atoms with van der Waals surface area (Å²) in [6.45, 7) is 6.39. The van der Waals surface area contributed by atoms with Gasteiger partial charge in [0.25, 0.3) is 0 Å². The molecule has 18 heavy (non-hydrogen) atoms. The summed E-state index contributed by atoms with van der Waals surface area (Å²) >= 11 is 5.82. The molecule has 1 saturated heterocycles. The van der Waals surface area contributed by atoms with Crippen LogP contribution in [0.15, 0.2) is 0 Å². The van der Waals surface area contributed by atoms with Gasteiger partial charge in [0.2, 0.25) is 6.29 Å². The average Bonchev–Trinajstić information content (AvgIpc) is 2.27. The van der Waals surface area contributed by atoms with E-state index >= 15 is 0 Å². The van der Waals surface area contributed by atoms with E-state index in [0.717, 1.165) is 0 Å². The van der Waals surface area contributed by atoms with Crippen molar-refractivity contribution in [3.05, 3.63) is 0 Å². The molecule has 1 aliphatic heterocycles. The zero-order valence-corrected chi connectivity index (χ0v) is 11.8. The first-order chi connectivity index (χ1) is 8.36. The van der Waals surface area contributed by atoms with Crippen LogP contribution in [0.1, 0.15) is 27.7 Å². The highest BCUT2D eigenvalue weighted by Crippen LogP contribution is 2.33. The number of alkyl halides is 1. The maximum atomic E-state index is 11.1. The smallest absolute Gasteiger partial charge is 0.304 e. The van der Waals surface area contributed by atoms with E-state index in [1.165, 1.54) is 13.8 Å². The zero-order chi connectivity index (χ0) is 13.9. The van der Waals surface area contributed by atoms with Gasteiger partial charge in [0.05, 0.1) is 12.0 Å². The van der Waals surface area contributed by atoms with Crippen LogP contribution in [0.3, 0.4) is 0 Å². The highest BCUT2D eigenvalue weighted by molar-refractivity contribution is 6.18. The molecule has 1 unspecified atom stereocenters. The van der Waals surface area contributed by atoms with Crippen LogP contribution in [0.4, 0.5) is 0 Å². The molecule has 0 aliphatic carbocycles. The van der Waals surface area contributed by atoms with Gasteiger partial charge >= 0.3 is 11.9 Å². The Hall–Kier alpha value is -0.810. The van der Waals surface area contributed by atoms with E-state index < -0.39 is 12.3 Å². The minimum Gasteiger partial charge on any atom is -0.462 e. The van der Waals surface area contributed by atoms with E-state index in [0.29, 0.717) is 0 Å². The van der Waals surface area contributed by atoms with Gasteiger partial charge in [-0.3, -0.25) is 9.59 Å². The minimum absolute atomic E-state index is 0.0480. The van der Waals surface area contributed by atoms with E-state index in [4.69, 9.17) is 25.8 Å². The Morgan fingerprint density at radius 1 is 1.11 bits per heavy atom. The van der Waals surface area contributed by atoms with Crippen LogP contribution < -0.4 is 0 Å². The van der Waals surface area contributed by atoms with Gasteiger partial charge in [-0.25, -0.2) is 0 Å². The third-order valence-electron chi connectivity index (χ3n) is 3.10. The number of rotatable bonds is 3. The van der Waals surface area contributed by atoms with Crippen molar-refractivity contribution in [2.45, 2.75) is 46.2 Å². The van der Waals surface area contributed by atoms with Crippen molar-refractivity contribution in [1.29, 1.82) is 0 Å². The van der Waals surface area contributed by atoms with Gasteiger partial charge in [-0.1, -0.05) is 13.8 Å². The standard InChI is InChI=1S/C12H19ClO5/c1-6-10(5-13)18-12(17-9(4)15)7(2)11(6)16-8(3)14/h6-7,10-12H,5H2,1-4H3/t6-,7+,10+,11-,12?/m1/s1. The maximum Gasteiger partial charge on any atom is 0.304 e. The lowest BCUT2D eigenvalue weighted by molar-refractivity contribution is -0.252. The topological polar surface area (TPSA) is 61.8 Å². The summed E-state index contributed by atoms with van der Waals surface area (Å²) in [6, 6.07) is 0. The summed E-state index contributed by atoms with van der Waals surface area (Å²) in [5, 5.41) is 0. The highest BCUT2D eigenvalue weighted by Gasteiger charge is 2.44. The van der Waals surface area contributed by atoms with Gasteiger partial charge in [-0.05, 0) is 0 Å². The molecular weight excluding hydrogens is 260 g/mol. The number of halogens is 1. The van der Waals surface area contributed by atoms with Crippen molar-refractivity contribution in [3.8, 4) is 0 Å². The van der Waals surface area contributed by atoms with Crippen molar-refractivity contribution in [1.82, 2.24) is 0 Å². The zero-order valence-electron chi connectivity index (χ0n) is 11.0. The number of esters is 2. The first kappa shape index (κ1) is 15.2. The molecule has 0 aromatic rings. The molecule has 5 nitrogen and oxygen atoms in total. The Kier molecular flexibility index (Phi) is 5.41. The number of hydrogen-bond acceptors (Lipinski definition) is 5. The molecule has 0 bridgehead atoms. The van der Waals surface area contributed by atoms with Crippen LogP contribution in [0.25, 0.3) is 0 Å². The minimum atomic E-state index is -0.730. The van der Waals surface area contributed by atoms with Crippen LogP contribution in [0.5, 0.6) is 0 Å². The second-order valence-corrected chi connectivity index (χ2v) is 4.91. The Balaban J connectivity index is 2.84. The molecule has 1 aliphatic rings. The molecule has 0 aromatic carbocycles. The third-order valence-corrected chi connectivity index (χ3v) is 3.40. The fourth-order valence-corrected chi connectivity index (χ4v) is 2.50. The number of carbonyl (C=O) groups is 2. The summed E-state index contributed by atoms with van der Waals surface area (Å²) in [6.07, 6.45) is -1.41. The highest BCUT2D eigenvalue weighted by atomic mass is 35.5. The molecule has 6 heteroatoms. The predicted octanol–water partition coefficient (Wildman–Crippen LogP) is 1.72. The SMILES string of the molecule is CC(=O)OC1O[C@@H](CCl)[C@@H](C)[C@@H](OC(C)=O)[C@@H]1C. The van der Waals surface area contributed by atoms with Gasteiger partial charge in [-0.15, -0.1) is 11.6 Å². The lowest BCUT2D eigenvalue weighted by Crippen LogP contribution is -2.52. The molecule has 1 fully saturated rings. The monoisotopic (exact) mass is 278 g/mol. The van der Waals surface area contributed by atoms with Gasteiger partial charge in [0.1, 0.15) is 6.10 Å². The summed E-state index contributed by atoms with van der Waals surface area (Å²) in [5.74, 6) is -0.823. The average molecular weight is 279 g/mol. The molecular formula is C12H19ClO5. The Morgan fingerprint density at radius 2 is 1.67 bits per heavy atom. The molecule has 0 aromatic heterocycles. The van der Waals surface area contributed by atoms with Crippen LogP contribution in [0, 0.1) is 11.8 Å². The van der Waals surface area contributed by atoms with Crippen molar-refractivity contribution in [3.63, 3.8) is 0 Å². The van der Waals surface area contributed by atoms with Crippen LogP contribution in [-0.4, -0.2) is 36.3 Å². The third kappa shape index (κ3) is 3.59. The first-order valence-corrected chi connectivity index (χ1v) is 6.46. The quantitative estimate of drug-likeness (QED) is 0.581. The van der Waals surface area contributed by atoms with Gasteiger partial charge < -0.3 is 14.2 Å². The van der Waals surface area contributed by atoms with E-state index in [2.05, 4.69) is 0 Å². The van der Waals surface area contributed by atoms with Gasteiger partial charge in [0.15, 0.2) is 0 Å². The van der Waals surface area contributed by atoms with E-state index in [1.54, 1.807) is 0 Å². The number of carbonyl (C=O) groups excluding carboxylic acids is 2. The second-order valence-electron chi connectivity index (χ2n) is 4.60. The molecule has 0 radical (unpaired) electrons. The van der Waals surface area contributed by atoms with Crippen molar-refractivity contribution in [2.24, 2.45) is 11.8 Å². The normalized spacial score (nSPS) is 35.9. The largest absolute Gasteiger partial charge is 0.462 e. The second kappa shape index (κ2) is 6.38. The van der Waals surface area contributed by atoms with Crippen LogP contribution >= 0.6 is 11.6 Å². The van der Waals surface area contributed by atoms with Crippen molar-refractivity contribution in [2.75, 3.05) is 5.88 Å². The summed E-state index contributed by atoms with van der Waals surface area (Å²) in [7, 11) is 0. The Labute approximate surface area is 112 Å².